The van der Waals surface area contributed by atoms with Crippen LogP contribution in [0.1, 0.15) is 54.5 Å². The molecule has 0 fully saturated rings. The van der Waals surface area contributed by atoms with Gasteiger partial charge in [0.2, 0.25) is 0 Å². The summed E-state index contributed by atoms with van der Waals surface area (Å²) in [6, 6.07) is 33.9. The predicted octanol–water partition coefficient (Wildman–Crippen LogP) is 11.4. The average Bonchev–Trinajstić information content (AvgIpc) is 3.48. The van der Waals surface area contributed by atoms with Crippen LogP contribution in [0.4, 0.5) is 0 Å². The molecule has 0 spiro atoms. The summed E-state index contributed by atoms with van der Waals surface area (Å²) in [5.41, 5.74) is 14.4. The molecule has 1 unspecified atom stereocenters. The van der Waals surface area contributed by atoms with Crippen molar-refractivity contribution in [2.45, 2.75) is 60.2 Å². The van der Waals surface area contributed by atoms with Gasteiger partial charge in [-0.2, -0.15) is 37.1 Å². The molecule has 0 aliphatic heterocycles. The number of pyridine rings is 2. The van der Waals surface area contributed by atoms with Crippen molar-refractivity contribution >= 4 is 35.2 Å². The Kier molecular flexibility index (Phi) is 11.7. The standard InChI is InChI=1S/C26H20NO.C22H32NSi.Ir/c1-17-13-14-27(3)23(15-17)25-18(2)9-11-21-22-16-20(19-7-5-4-6-8-19)10-12-24(22)28-26(21)25;1-15(2)18(5)20-13-21(19-12-16(3)10-11-17(19)4)23(6)14-22(20)24(7,8)9;/h4-16H,2-3H2,1H3;10-15,18H,4,6H2,1-3,5,7-9H3;/q2*-1;. The number of hydrogen-bond acceptors (Lipinski definition) is 1. The minimum Gasteiger partial charge on any atom is -0.469 e. The second-order valence-electron chi connectivity index (χ2n) is 15.7. The molecule has 0 saturated carbocycles. The maximum Gasteiger partial charge on any atom is 0.133 e. The Hall–Kier alpha value is -4.67. The number of rotatable bonds is 6. The van der Waals surface area contributed by atoms with Gasteiger partial charge in [0.1, 0.15) is 5.58 Å². The number of fused-ring (bicyclic) bond motifs is 3. The second-order valence-corrected chi connectivity index (χ2v) is 20.7. The number of hydrogen-bond donors (Lipinski definition) is 0. The van der Waals surface area contributed by atoms with Crippen LogP contribution in [0.2, 0.25) is 19.6 Å². The SMILES string of the molecule is [CH2-]c1ccc(C)cc1-c1cc(C(C)C(C)C)c([Si](C)(C)C)c[n+]1[CH2-].[CH2-]c1ccc2c(oc3ccc(-c4ccccc4)cc32)c1-c1cc(C)cc[n+]1[CH2-].[Ir]. The molecule has 4 aromatic carbocycles. The van der Waals surface area contributed by atoms with Crippen molar-refractivity contribution in [3.05, 3.63) is 165 Å². The zero-order valence-corrected chi connectivity index (χ0v) is 35.9. The van der Waals surface area contributed by atoms with Gasteiger partial charge < -0.3 is 13.6 Å². The van der Waals surface area contributed by atoms with E-state index in [2.05, 4.69) is 173 Å². The minimum absolute atomic E-state index is 0. The molecule has 3 heterocycles. The Balaban J connectivity index is 0.000000203. The number of aromatic nitrogens is 2. The van der Waals surface area contributed by atoms with Gasteiger partial charge in [-0.3, -0.25) is 0 Å². The van der Waals surface area contributed by atoms with Crippen LogP contribution >= 0.6 is 0 Å². The fourth-order valence-electron chi connectivity index (χ4n) is 6.95. The molecule has 7 aromatic rings. The predicted molar refractivity (Wildman–Crippen MR) is 223 cm³/mol. The largest absolute Gasteiger partial charge is 0.469 e. The zero-order chi connectivity index (χ0) is 37.5. The zero-order valence-electron chi connectivity index (χ0n) is 32.5. The summed E-state index contributed by atoms with van der Waals surface area (Å²) in [5, 5.41) is 3.72. The van der Waals surface area contributed by atoms with Gasteiger partial charge in [-0.05, 0) is 54.1 Å². The first kappa shape index (κ1) is 39.5. The Bertz CT molecular complexity index is 2400. The minimum atomic E-state index is -1.44. The molecule has 1 atom stereocenters. The normalized spacial score (nSPS) is 12.0. The van der Waals surface area contributed by atoms with Gasteiger partial charge in [-0.1, -0.05) is 117 Å². The van der Waals surface area contributed by atoms with Crippen molar-refractivity contribution in [1.29, 1.82) is 0 Å². The quantitative estimate of drug-likeness (QED) is 0.0926. The molecule has 0 N–H and O–H groups in total. The van der Waals surface area contributed by atoms with E-state index in [1.54, 1.807) is 0 Å². The summed E-state index contributed by atoms with van der Waals surface area (Å²) in [4.78, 5) is 0. The maximum absolute atomic E-state index is 6.32. The number of furan rings is 1. The van der Waals surface area contributed by atoms with Crippen LogP contribution in [0.15, 0.2) is 114 Å². The smallest absolute Gasteiger partial charge is 0.133 e. The van der Waals surface area contributed by atoms with Gasteiger partial charge in [0.15, 0.2) is 0 Å². The molecule has 5 heteroatoms. The van der Waals surface area contributed by atoms with Gasteiger partial charge in [0.25, 0.3) is 0 Å². The van der Waals surface area contributed by atoms with E-state index in [4.69, 9.17) is 4.42 Å². The van der Waals surface area contributed by atoms with E-state index < -0.39 is 8.07 Å². The van der Waals surface area contributed by atoms with Crippen molar-refractivity contribution in [2.24, 2.45) is 5.92 Å². The van der Waals surface area contributed by atoms with Crippen LogP contribution in [0.25, 0.3) is 55.6 Å². The van der Waals surface area contributed by atoms with Crippen molar-refractivity contribution in [2.75, 3.05) is 0 Å². The van der Waals surface area contributed by atoms with Gasteiger partial charge in [0, 0.05) is 45.0 Å². The third kappa shape index (κ3) is 8.13. The number of nitrogens with zero attached hydrogens (tertiary/aromatic N) is 2. The van der Waals surface area contributed by atoms with Crippen LogP contribution in [-0.4, -0.2) is 8.07 Å². The monoisotopic (exact) mass is 893 g/mol. The van der Waals surface area contributed by atoms with Crippen molar-refractivity contribution in [3.63, 3.8) is 0 Å². The Morgan fingerprint density at radius 3 is 2.02 bits per heavy atom. The summed E-state index contributed by atoms with van der Waals surface area (Å²) in [7, 11) is 7.00. The van der Waals surface area contributed by atoms with Gasteiger partial charge >= 0.3 is 0 Å². The van der Waals surface area contributed by atoms with Gasteiger partial charge in [-0.25, -0.2) is 0 Å². The Morgan fingerprint density at radius 1 is 0.660 bits per heavy atom. The molecule has 1 radical (unpaired) electrons. The van der Waals surface area contributed by atoms with Crippen LogP contribution in [0, 0.1) is 47.7 Å². The van der Waals surface area contributed by atoms with E-state index in [1.807, 2.05) is 27.5 Å². The molecular weight excluding hydrogens is 841 g/mol. The Labute approximate surface area is 332 Å². The van der Waals surface area contributed by atoms with Gasteiger partial charge in [-0.15, -0.1) is 23.8 Å². The van der Waals surface area contributed by atoms with E-state index in [0.717, 1.165) is 50.0 Å². The summed E-state index contributed by atoms with van der Waals surface area (Å²) in [6.07, 6.45) is 4.25. The number of benzene rings is 4. The summed E-state index contributed by atoms with van der Waals surface area (Å²) in [5.74, 6) is 1.15. The van der Waals surface area contributed by atoms with Crippen molar-refractivity contribution < 1.29 is 33.7 Å². The van der Waals surface area contributed by atoms with Crippen LogP contribution in [0.5, 0.6) is 0 Å². The number of aryl methyl sites for hydroxylation is 2. The first-order valence-electron chi connectivity index (χ1n) is 18.2. The molecule has 0 bridgehead atoms. The summed E-state index contributed by atoms with van der Waals surface area (Å²) >= 11 is 0. The van der Waals surface area contributed by atoms with Crippen molar-refractivity contribution in [3.8, 4) is 33.6 Å². The molecule has 53 heavy (non-hydrogen) atoms. The molecule has 7 rings (SSSR count). The first-order chi connectivity index (χ1) is 24.6. The van der Waals surface area contributed by atoms with Crippen LogP contribution in [-0.2, 0) is 20.1 Å². The molecule has 0 aliphatic carbocycles. The van der Waals surface area contributed by atoms with E-state index in [-0.39, 0.29) is 20.1 Å². The molecule has 3 nitrogen and oxygen atoms in total. The molecule has 0 aliphatic rings. The molecular formula is C48H52IrN2OSi-2. The summed E-state index contributed by atoms with van der Waals surface area (Å²) in [6.45, 7) is 26.9. The molecule has 275 valence electrons. The Morgan fingerprint density at radius 2 is 1.34 bits per heavy atom. The topological polar surface area (TPSA) is 20.9 Å². The molecule has 0 amide bonds. The van der Waals surface area contributed by atoms with E-state index in [0.29, 0.717) is 11.8 Å². The van der Waals surface area contributed by atoms with Crippen molar-refractivity contribution in [1.82, 2.24) is 0 Å². The fraction of sp³-hybridized carbons (Fsp3) is 0.208. The molecule has 3 aromatic heterocycles. The van der Waals surface area contributed by atoms with E-state index >= 15 is 0 Å². The van der Waals surface area contributed by atoms with Crippen LogP contribution in [0.3, 0.4) is 0 Å². The van der Waals surface area contributed by atoms with Gasteiger partial charge in [0.05, 0.1) is 37.4 Å². The van der Waals surface area contributed by atoms with E-state index in [1.165, 1.54) is 38.6 Å². The third-order valence-electron chi connectivity index (χ3n) is 10.3. The second kappa shape index (κ2) is 15.7. The first-order valence-corrected chi connectivity index (χ1v) is 21.7. The summed E-state index contributed by atoms with van der Waals surface area (Å²) < 4.78 is 10.2. The molecule has 0 saturated heterocycles. The fourth-order valence-corrected chi connectivity index (χ4v) is 8.66. The van der Waals surface area contributed by atoms with Crippen LogP contribution < -0.4 is 14.3 Å². The van der Waals surface area contributed by atoms with E-state index in [9.17, 15) is 0 Å². The average molecular weight is 893 g/mol. The third-order valence-corrected chi connectivity index (χ3v) is 12.4. The maximum atomic E-state index is 6.32.